The van der Waals surface area contributed by atoms with Crippen LogP contribution in [0.4, 0.5) is 5.82 Å². The lowest BCUT2D eigenvalue weighted by Gasteiger charge is -2.12. The van der Waals surface area contributed by atoms with Gasteiger partial charge in [-0.15, -0.1) is 0 Å². The molecule has 0 saturated heterocycles. The molecule has 3 aromatic heterocycles. The van der Waals surface area contributed by atoms with Crippen molar-refractivity contribution in [1.29, 1.82) is 0 Å². The molecule has 0 bridgehead atoms. The highest BCUT2D eigenvalue weighted by Gasteiger charge is 2.11. The Kier molecular flexibility index (Phi) is 3.91. The van der Waals surface area contributed by atoms with Crippen molar-refractivity contribution in [3.63, 3.8) is 0 Å². The second-order valence-electron chi connectivity index (χ2n) is 5.50. The van der Waals surface area contributed by atoms with Gasteiger partial charge in [-0.05, 0) is 12.0 Å². The van der Waals surface area contributed by atoms with Crippen LogP contribution in [0.5, 0.6) is 5.75 Å². The van der Waals surface area contributed by atoms with Crippen LogP contribution in [-0.2, 0) is 0 Å². The number of rotatable bonds is 5. The minimum absolute atomic E-state index is 0.541. The molecule has 0 fully saturated rings. The van der Waals surface area contributed by atoms with Crippen molar-refractivity contribution in [3.8, 4) is 17.0 Å². The lowest BCUT2D eigenvalue weighted by molar-refractivity contribution is 0.413. The van der Waals surface area contributed by atoms with Gasteiger partial charge >= 0.3 is 0 Å². The van der Waals surface area contributed by atoms with E-state index in [0.717, 1.165) is 29.3 Å². The molecule has 3 rings (SSSR count). The third-order valence-electron chi connectivity index (χ3n) is 3.35. The van der Waals surface area contributed by atoms with Gasteiger partial charge in [-0.3, -0.25) is 9.38 Å². The van der Waals surface area contributed by atoms with Crippen LogP contribution in [0.25, 0.3) is 16.9 Å². The molecule has 0 aliphatic rings. The molecule has 0 aliphatic heterocycles. The predicted octanol–water partition coefficient (Wildman–Crippen LogP) is 2.87. The molecule has 0 spiro atoms. The van der Waals surface area contributed by atoms with Gasteiger partial charge in [0.25, 0.3) is 0 Å². The van der Waals surface area contributed by atoms with E-state index in [4.69, 9.17) is 4.74 Å². The van der Waals surface area contributed by atoms with Gasteiger partial charge in [0.05, 0.1) is 25.2 Å². The summed E-state index contributed by atoms with van der Waals surface area (Å²) in [7, 11) is 1.63. The highest BCUT2D eigenvalue weighted by molar-refractivity contribution is 5.70. The Balaban J connectivity index is 2.04. The van der Waals surface area contributed by atoms with E-state index >= 15 is 0 Å². The van der Waals surface area contributed by atoms with Crippen molar-refractivity contribution < 1.29 is 4.74 Å². The molecule has 0 radical (unpaired) electrons. The number of hydrogen-bond donors (Lipinski definition) is 1. The van der Waals surface area contributed by atoms with Crippen LogP contribution < -0.4 is 10.1 Å². The topological polar surface area (TPSA) is 64.3 Å². The van der Waals surface area contributed by atoms with Gasteiger partial charge in [0, 0.05) is 30.7 Å². The van der Waals surface area contributed by atoms with E-state index in [-0.39, 0.29) is 0 Å². The molecule has 0 atom stereocenters. The number of aromatic nitrogens is 4. The number of methoxy groups -OCH3 is 1. The van der Waals surface area contributed by atoms with Crippen molar-refractivity contribution in [2.75, 3.05) is 19.0 Å². The molecule has 3 heterocycles. The van der Waals surface area contributed by atoms with Gasteiger partial charge in [0.2, 0.25) is 0 Å². The third-order valence-corrected chi connectivity index (χ3v) is 3.35. The van der Waals surface area contributed by atoms with Gasteiger partial charge in [-0.1, -0.05) is 13.8 Å². The van der Waals surface area contributed by atoms with Crippen LogP contribution in [0, 0.1) is 5.92 Å². The molecule has 1 N–H and O–H groups in total. The summed E-state index contributed by atoms with van der Waals surface area (Å²) in [6, 6.07) is 1.94. The van der Waals surface area contributed by atoms with Crippen LogP contribution in [0.1, 0.15) is 13.8 Å². The largest absolute Gasteiger partial charge is 0.495 e. The number of fused-ring (bicyclic) bond motifs is 1. The lowest BCUT2D eigenvalue weighted by Crippen LogP contribution is -2.11. The average molecular weight is 297 g/mol. The van der Waals surface area contributed by atoms with Gasteiger partial charge in [-0.25, -0.2) is 9.97 Å². The normalized spacial score (nSPS) is 11.1. The minimum Gasteiger partial charge on any atom is -0.495 e. The van der Waals surface area contributed by atoms with Crippen LogP contribution in [0.3, 0.4) is 0 Å². The van der Waals surface area contributed by atoms with Crippen molar-refractivity contribution in [2.24, 2.45) is 5.92 Å². The predicted molar refractivity (Wildman–Crippen MR) is 86.1 cm³/mol. The fraction of sp³-hybridized carbons (Fsp3) is 0.312. The van der Waals surface area contributed by atoms with Crippen molar-refractivity contribution in [2.45, 2.75) is 13.8 Å². The van der Waals surface area contributed by atoms with E-state index in [0.29, 0.717) is 11.7 Å². The van der Waals surface area contributed by atoms with E-state index in [9.17, 15) is 0 Å². The molecule has 0 aromatic carbocycles. The van der Waals surface area contributed by atoms with Crippen molar-refractivity contribution >= 4 is 11.5 Å². The zero-order valence-corrected chi connectivity index (χ0v) is 12.9. The number of imidazole rings is 1. The number of ether oxygens (including phenoxy) is 1. The first-order valence-corrected chi connectivity index (χ1v) is 7.24. The first kappa shape index (κ1) is 14.3. The smallest absolute Gasteiger partial charge is 0.180 e. The van der Waals surface area contributed by atoms with Crippen LogP contribution in [0.2, 0.25) is 0 Å². The van der Waals surface area contributed by atoms with Crippen LogP contribution in [0.15, 0.2) is 37.1 Å². The number of anilines is 1. The Morgan fingerprint density at radius 3 is 2.86 bits per heavy atom. The standard InChI is InChI=1S/C16H19N5O/c1-11(2)7-19-15-16-18-4-5-21(16)14(10-20-15)12-6-13(22-3)9-17-8-12/h4-6,8-11H,7H2,1-3H3,(H,19,20). The Hall–Kier alpha value is -2.63. The fourth-order valence-corrected chi connectivity index (χ4v) is 2.23. The molecule has 3 aromatic rings. The van der Waals surface area contributed by atoms with E-state index in [1.807, 2.05) is 22.9 Å². The molecule has 6 heteroatoms. The van der Waals surface area contributed by atoms with Gasteiger partial charge in [-0.2, -0.15) is 0 Å². The van der Waals surface area contributed by atoms with E-state index in [1.165, 1.54) is 0 Å². The van der Waals surface area contributed by atoms with Gasteiger partial charge in [0.15, 0.2) is 11.5 Å². The van der Waals surface area contributed by atoms with Crippen LogP contribution in [-0.4, -0.2) is 33.0 Å². The molecular formula is C16H19N5O. The number of pyridine rings is 1. The van der Waals surface area contributed by atoms with E-state index < -0.39 is 0 Å². The lowest BCUT2D eigenvalue weighted by atomic mass is 10.2. The highest BCUT2D eigenvalue weighted by atomic mass is 16.5. The third kappa shape index (κ3) is 2.72. The SMILES string of the molecule is COc1cncc(-c2cnc(NCC(C)C)c3nccn23)c1. The molecule has 22 heavy (non-hydrogen) atoms. The fourth-order valence-electron chi connectivity index (χ4n) is 2.23. The Bertz CT molecular complexity index is 781. The average Bonchev–Trinajstić information content (AvgIpc) is 3.02. The summed E-state index contributed by atoms with van der Waals surface area (Å²) >= 11 is 0. The summed E-state index contributed by atoms with van der Waals surface area (Å²) in [4.78, 5) is 13.1. The molecule has 6 nitrogen and oxygen atoms in total. The highest BCUT2D eigenvalue weighted by Crippen LogP contribution is 2.25. The maximum absolute atomic E-state index is 5.24. The summed E-state index contributed by atoms with van der Waals surface area (Å²) in [6.45, 7) is 5.17. The zero-order chi connectivity index (χ0) is 15.5. The molecule has 0 amide bonds. The summed E-state index contributed by atoms with van der Waals surface area (Å²) < 4.78 is 7.24. The van der Waals surface area contributed by atoms with Gasteiger partial charge in [0.1, 0.15) is 5.75 Å². The first-order chi connectivity index (χ1) is 10.7. The minimum atomic E-state index is 0.541. The molecule has 0 unspecified atom stereocenters. The maximum atomic E-state index is 5.24. The Morgan fingerprint density at radius 1 is 1.23 bits per heavy atom. The maximum Gasteiger partial charge on any atom is 0.180 e. The summed E-state index contributed by atoms with van der Waals surface area (Å²) in [5.41, 5.74) is 2.67. The number of hydrogen-bond acceptors (Lipinski definition) is 5. The Morgan fingerprint density at radius 2 is 2.09 bits per heavy atom. The molecule has 0 saturated carbocycles. The number of nitrogens with one attached hydrogen (secondary N) is 1. The summed E-state index contributed by atoms with van der Waals surface area (Å²) in [5, 5.41) is 3.34. The zero-order valence-electron chi connectivity index (χ0n) is 12.9. The van der Waals surface area contributed by atoms with Crippen LogP contribution >= 0.6 is 0 Å². The quantitative estimate of drug-likeness (QED) is 0.784. The van der Waals surface area contributed by atoms with E-state index in [1.54, 1.807) is 25.7 Å². The summed E-state index contributed by atoms with van der Waals surface area (Å²) in [6.07, 6.45) is 9.00. The second-order valence-corrected chi connectivity index (χ2v) is 5.50. The first-order valence-electron chi connectivity index (χ1n) is 7.24. The van der Waals surface area contributed by atoms with Gasteiger partial charge < -0.3 is 10.1 Å². The van der Waals surface area contributed by atoms with E-state index in [2.05, 4.69) is 34.1 Å². The number of nitrogens with zero attached hydrogens (tertiary/aromatic N) is 4. The monoisotopic (exact) mass is 297 g/mol. The Labute approximate surface area is 129 Å². The van der Waals surface area contributed by atoms with Crippen molar-refractivity contribution in [1.82, 2.24) is 19.4 Å². The molecule has 114 valence electrons. The molecular weight excluding hydrogens is 278 g/mol. The van der Waals surface area contributed by atoms with Crippen molar-refractivity contribution in [3.05, 3.63) is 37.1 Å². The summed E-state index contributed by atoms with van der Waals surface area (Å²) in [5.74, 6) is 2.05. The second kappa shape index (κ2) is 6.01. The molecule has 0 aliphatic carbocycles.